The number of aliphatic hydroxyl groups excluding tert-OH is 3. The molecule has 42 nitrogen and oxygen atoms in total. The minimum atomic E-state index is -1.89. The zero-order valence-electron chi connectivity index (χ0n) is 69.3. The highest BCUT2D eigenvalue weighted by Gasteiger charge is 2.47. The molecule has 0 aliphatic carbocycles. The van der Waals surface area contributed by atoms with Gasteiger partial charge in [0.05, 0.1) is 50.4 Å². The van der Waals surface area contributed by atoms with Crippen molar-refractivity contribution in [3.8, 4) is 0 Å². The van der Waals surface area contributed by atoms with E-state index in [-0.39, 0.29) is 113 Å². The van der Waals surface area contributed by atoms with Crippen molar-refractivity contribution in [2.24, 2.45) is 17.6 Å². The van der Waals surface area contributed by atoms with E-state index in [1.807, 2.05) is 0 Å². The molecule has 0 spiro atoms. The van der Waals surface area contributed by atoms with Crippen molar-refractivity contribution >= 4 is 136 Å². The first kappa shape index (κ1) is 100. The molecule has 5 aliphatic heterocycles. The highest BCUT2D eigenvalue weighted by molar-refractivity contribution is 7.98. The van der Waals surface area contributed by atoms with Gasteiger partial charge in [-0.25, -0.2) is 4.79 Å². The van der Waals surface area contributed by atoms with Gasteiger partial charge in [0.1, 0.15) is 84.6 Å². The second-order valence-electron chi connectivity index (χ2n) is 31.5. The van der Waals surface area contributed by atoms with Gasteiger partial charge in [0, 0.05) is 32.7 Å². The number of likely N-dealkylation sites (tertiary alicyclic amines) is 5. The van der Waals surface area contributed by atoms with Gasteiger partial charge in [0.15, 0.2) is 0 Å². The maximum atomic E-state index is 14.6. The number of amides is 17. The predicted molar refractivity (Wildman–Crippen MR) is 429 cm³/mol. The molecule has 44 heteroatoms. The van der Waals surface area contributed by atoms with Crippen molar-refractivity contribution in [3.63, 3.8) is 0 Å². The molecule has 0 aromatic heterocycles. The average Bonchev–Trinajstić information content (AvgIpc) is 1.56. The molecule has 5 fully saturated rings. The van der Waals surface area contributed by atoms with Gasteiger partial charge in [-0.2, -0.15) is 23.5 Å². The van der Waals surface area contributed by atoms with Crippen LogP contribution in [-0.2, 0) is 91.1 Å². The van der Waals surface area contributed by atoms with Gasteiger partial charge in [-0.05, 0) is 160 Å². The van der Waals surface area contributed by atoms with Crippen molar-refractivity contribution in [2.45, 2.75) is 268 Å². The lowest BCUT2D eigenvalue weighted by Crippen LogP contribution is -2.61. The monoisotopic (exact) mass is 1720 g/mol. The zero-order valence-corrected chi connectivity index (χ0v) is 71.0. The second-order valence-corrected chi connectivity index (χ2v) is 33.5. The summed E-state index contributed by atoms with van der Waals surface area (Å²) >= 11 is 2.60. The quantitative estimate of drug-likeness (QED) is 0.0269. The summed E-state index contributed by atoms with van der Waals surface area (Å²) in [5.74, 6) is -17.2. The number of carboxylic acid groups (broad SMARTS) is 2. The van der Waals surface area contributed by atoms with E-state index in [1.54, 1.807) is 40.2 Å². The molecule has 0 bridgehead atoms. The normalized spacial score (nSPS) is 21.1. The number of hydrogen-bond acceptors (Lipinski definition) is 25. The van der Waals surface area contributed by atoms with E-state index in [0.29, 0.717) is 45.1 Å². The topological polar surface area (TPSA) is 612 Å². The summed E-state index contributed by atoms with van der Waals surface area (Å²) in [6, 6.07) is -20.0. The molecule has 18 atom stereocenters. The van der Waals surface area contributed by atoms with E-state index < -0.39 is 236 Å². The molecule has 5 heterocycles. The summed E-state index contributed by atoms with van der Waals surface area (Å²) in [5, 5.41) is 81.0. The highest BCUT2D eigenvalue weighted by atomic mass is 32.2. The average molecular weight is 1720 g/mol. The second kappa shape index (κ2) is 48.1. The van der Waals surface area contributed by atoms with Crippen LogP contribution in [0.5, 0.6) is 0 Å². The Labute approximate surface area is 699 Å². The molecule has 0 aromatic carbocycles. The Kier molecular flexibility index (Phi) is 40.4. The maximum absolute atomic E-state index is 14.6. The molecule has 119 heavy (non-hydrogen) atoms. The first-order valence-corrected chi connectivity index (χ1v) is 43.1. The Morgan fingerprint density at radius 3 is 1.29 bits per heavy atom. The van der Waals surface area contributed by atoms with Gasteiger partial charge in [0.25, 0.3) is 0 Å². The Balaban J connectivity index is 1.15. The van der Waals surface area contributed by atoms with Gasteiger partial charge in [-0.3, -0.25) is 86.3 Å². The molecule has 5 aliphatic rings. The zero-order chi connectivity index (χ0) is 89.0. The standard InChI is InChI=1S/C75H122N18O24S2/c1-37(2)31-46(62(103)77-34-54(97)81-47(32-38(3)4)65(106)88-60(43(9)96)74(115)93-28-16-21-53(93)75(116)117)85-69(110)58(41(7)94)86-55(98)35-78-63(104)48(33-57(100)101)84-68(109)51-19-14-25-90(51)72(113)45(23-30-119-11)83-64(105)44(22-29-118-10)82-70(111)59(42(8)95)87-61(102)40(6)80-67(108)50-18-12-24-89(50)56(99)36-79-66(107)49-17-13-26-91(49)73(114)52-20-15-27-92(52)71(112)39(5)76/h37-53,58-60,94-96H,12-36,76H2,1-11H3,(H,77,103)(H,78,104)(H,79,107)(H,80,108)(H,81,97)(H,82,111)(H,83,105)(H,84,109)(H,85,110)(H,86,98)(H,87,102)(H,88,106)(H,100,101)(H,116,117)/t39-,40-,41+,42+,43+,44-,45-,46-,47-,48-,49-,50-,51-,52-,53-,58-,59-,60-/m0/s1. The van der Waals surface area contributed by atoms with Crippen molar-refractivity contribution in [3.05, 3.63) is 0 Å². The summed E-state index contributed by atoms with van der Waals surface area (Å²) < 4.78 is 0. The van der Waals surface area contributed by atoms with Crippen molar-refractivity contribution < 1.29 is 117 Å². The Morgan fingerprint density at radius 2 is 0.782 bits per heavy atom. The fraction of sp³-hybridized carbons (Fsp3) is 0.747. The molecular weight excluding hydrogens is 1600 g/mol. The van der Waals surface area contributed by atoms with E-state index in [2.05, 4.69) is 63.8 Å². The number of aliphatic hydroxyl groups is 3. The van der Waals surface area contributed by atoms with E-state index in [0.717, 1.165) is 16.7 Å². The van der Waals surface area contributed by atoms with Crippen LogP contribution in [0.3, 0.4) is 0 Å². The minimum absolute atomic E-state index is 0.00557. The van der Waals surface area contributed by atoms with Crippen LogP contribution in [-0.4, -0.2) is 348 Å². The van der Waals surface area contributed by atoms with Crippen LogP contribution in [0.1, 0.15) is 159 Å². The number of hydrogen-bond donors (Lipinski definition) is 18. The molecule has 5 saturated heterocycles. The Hall–Kier alpha value is -9.53. The lowest BCUT2D eigenvalue weighted by Gasteiger charge is -2.31. The fourth-order valence-electron chi connectivity index (χ4n) is 14.7. The molecule has 19 N–H and O–H groups in total. The summed E-state index contributed by atoms with van der Waals surface area (Å²) in [4.78, 5) is 264. The van der Waals surface area contributed by atoms with E-state index in [9.17, 15) is 117 Å². The Bertz CT molecular complexity index is 3650. The maximum Gasteiger partial charge on any atom is 0.326 e. The van der Waals surface area contributed by atoms with Crippen molar-refractivity contribution in [1.82, 2.24) is 88.3 Å². The van der Waals surface area contributed by atoms with Gasteiger partial charge in [-0.15, -0.1) is 0 Å². The predicted octanol–water partition coefficient (Wildman–Crippen LogP) is -6.68. The third-order valence-corrected chi connectivity index (χ3v) is 22.3. The van der Waals surface area contributed by atoms with Crippen LogP contribution in [0.2, 0.25) is 0 Å². The van der Waals surface area contributed by atoms with Crippen LogP contribution in [0.25, 0.3) is 0 Å². The molecule has 5 rings (SSSR count). The SMILES string of the molecule is CSCC[C@H](NC(=O)[C@@H](NC(=O)[C@H](C)NC(=O)[C@@H]1CCCN1C(=O)CNC(=O)[C@@H]1CCCN1C(=O)[C@@H]1CCCN1C(=O)[C@H](C)N)[C@@H](C)O)C(=O)N[C@@H](CCSC)C(=O)N1CCC[C@H]1C(=O)N[C@@H](CC(=O)O)C(=O)NCC(=O)N[C@H](C(=O)N[C@@H](CC(C)C)C(=O)NCC(=O)N[C@@H](CC(C)C)C(=O)N[C@H](C(=O)N1CCC[C@H]1C(=O)O)[C@@H](C)O)[C@@H](C)O. The van der Waals surface area contributed by atoms with Crippen molar-refractivity contribution in [2.75, 3.05) is 76.4 Å². The lowest BCUT2D eigenvalue weighted by molar-refractivity contribution is -0.150. The van der Waals surface area contributed by atoms with Crippen LogP contribution in [0.4, 0.5) is 0 Å². The van der Waals surface area contributed by atoms with Gasteiger partial charge < -0.3 is 120 Å². The van der Waals surface area contributed by atoms with Gasteiger partial charge in [0.2, 0.25) is 100 Å². The summed E-state index contributed by atoms with van der Waals surface area (Å²) in [6.45, 7) is 11.7. The lowest BCUT2D eigenvalue weighted by atomic mass is 10.0. The first-order chi connectivity index (χ1) is 56.0. The molecule has 0 unspecified atom stereocenters. The third kappa shape index (κ3) is 29.7. The number of thioether (sulfide) groups is 2. The third-order valence-electron chi connectivity index (χ3n) is 21.0. The first-order valence-electron chi connectivity index (χ1n) is 40.3. The Morgan fingerprint density at radius 1 is 0.378 bits per heavy atom. The molecular formula is C75H122N18O24S2. The number of aliphatic carboxylic acids is 2. The van der Waals surface area contributed by atoms with Crippen LogP contribution in [0, 0.1) is 11.8 Å². The van der Waals surface area contributed by atoms with E-state index in [1.165, 1.54) is 65.9 Å². The molecule has 668 valence electrons. The number of nitrogens with one attached hydrogen (secondary N) is 12. The molecule has 0 aromatic rings. The van der Waals surface area contributed by atoms with Crippen molar-refractivity contribution in [1.29, 1.82) is 0 Å². The highest BCUT2D eigenvalue weighted by Crippen LogP contribution is 2.28. The van der Waals surface area contributed by atoms with Crippen LogP contribution >= 0.6 is 23.5 Å². The van der Waals surface area contributed by atoms with Crippen LogP contribution < -0.4 is 69.5 Å². The number of nitrogens with two attached hydrogens (primary N) is 1. The summed E-state index contributed by atoms with van der Waals surface area (Å²) in [6.07, 6.45) is 0.690. The number of nitrogens with zero attached hydrogens (tertiary/aromatic N) is 5. The number of carboxylic acids is 2. The molecule has 17 amide bonds. The largest absolute Gasteiger partial charge is 0.481 e. The molecule has 0 saturated carbocycles. The minimum Gasteiger partial charge on any atom is -0.481 e. The number of rotatable bonds is 45. The smallest absolute Gasteiger partial charge is 0.326 e. The van der Waals surface area contributed by atoms with Gasteiger partial charge >= 0.3 is 11.9 Å². The van der Waals surface area contributed by atoms with E-state index >= 15 is 0 Å². The number of carbonyl (C=O) groups excluding carboxylic acids is 17. The van der Waals surface area contributed by atoms with Gasteiger partial charge in [-0.1, -0.05) is 27.7 Å². The van der Waals surface area contributed by atoms with E-state index in [4.69, 9.17) is 5.73 Å². The van der Waals surface area contributed by atoms with Crippen LogP contribution in [0.15, 0.2) is 0 Å². The molecule has 0 radical (unpaired) electrons. The fourth-order valence-corrected chi connectivity index (χ4v) is 15.7. The summed E-state index contributed by atoms with van der Waals surface area (Å²) in [7, 11) is 0. The number of carbonyl (C=O) groups is 19. The summed E-state index contributed by atoms with van der Waals surface area (Å²) in [5.41, 5.74) is 5.83.